The van der Waals surface area contributed by atoms with Crippen LogP contribution in [0.2, 0.25) is 0 Å². The van der Waals surface area contributed by atoms with Crippen molar-refractivity contribution in [3.05, 3.63) is 41.0 Å². The summed E-state index contributed by atoms with van der Waals surface area (Å²) in [6, 6.07) is 6.50. The highest BCUT2D eigenvalue weighted by molar-refractivity contribution is 5.53. The number of aryl methyl sites for hydroxylation is 2. The van der Waals surface area contributed by atoms with E-state index in [2.05, 4.69) is 44.2 Å². The molecule has 0 saturated heterocycles. The van der Waals surface area contributed by atoms with E-state index < -0.39 is 0 Å². The van der Waals surface area contributed by atoms with Crippen LogP contribution in [0.15, 0.2) is 24.3 Å². The number of hydrogen-bond acceptors (Lipinski definition) is 0. The van der Waals surface area contributed by atoms with E-state index in [-0.39, 0.29) is 0 Å². The second-order valence-electron chi connectivity index (χ2n) is 2.86. The zero-order valence-electron chi connectivity index (χ0n) is 7.39. The molecule has 0 atom stereocenters. The topological polar surface area (TPSA) is 0 Å². The van der Waals surface area contributed by atoms with Crippen molar-refractivity contribution in [2.45, 2.75) is 20.8 Å². The van der Waals surface area contributed by atoms with Crippen molar-refractivity contribution >= 4 is 6.08 Å². The van der Waals surface area contributed by atoms with E-state index in [9.17, 15) is 0 Å². The Hall–Kier alpha value is -1.04. The van der Waals surface area contributed by atoms with Crippen LogP contribution in [-0.2, 0) is 0 Å². The third-order valence-corrected chi connectivity index (χ3v) is 1.77. The second-order valence-corrected chi connectivity index (χ2v) is 2.86. The van der Waals surface area contributed by atoms with Crippen molar-refractivity contribution in [1.82, 2.24) is 0 Å². The average Bonchev–Trinajstić information content (AvgIpc) is 1.95. The summed E-state index contributed by atoms with van der Waals surface area (Å²) >= 11 is 0. The molecular formula is C11H14. The summed E-state index contributed by atoms with van der Waals surface area (Å²) < 4.78 is 0. The van der Waals surface area contributed by atoms with E-state index in [1.807, 2.05) is 6.92 Å². The predicted octanol–water partition coefficient (Wildman–Crippen LogP) is 3.34. The van der Waals surface area contributed by atoms with Gasteiger partial charge < -0.3 is 0 Å². The summed E-state index contributed by atoms with van der Waals surface area (Å²) in [6.07, 6.45) is 4.20. The third-order valence-electron chi connectivity index (χ3n) is 1.77. The van der Waals surface area contributed by atoms with Crippen molar-refractivity contribution in [3.8, 4) is 0 Å². The maximum atomic E-state index is 2.20. The molecule has 0 aliphatic heterocycles. The smallest absolute Gasteiger partial charge is 0.0230 e. The first-order valence-corrected chi connectivity index (χ1v) is 3.94. The molecule has 0 spiro atoms. The van der Waals surface area contributed by atoms with Gasteiger partial charge in [0.05, 0.1) is 0 Å². The molecule has 58 valence electrons. The Morgan fingerprint density at radius 3 is 2.45 bits per heavy atom. The Bertz CT molecular complexity index is 269. The lowest BCUT2D eigenvalue weighted by Gasteiger charge is -2.00. The summed E-state index contributed by atoms with van der Waals surface area (Å²) in [4.78, 5) is 0. The molecule has 0 N–H and O–H groups in total. The quantitative estimate of drug-likeness (QED) is 0.570. The summed E-state index contributed by atoms with van der Waals surface area (Å²) in [7, 11) is 0. The SMILES string of the molecule is C/C=C/c1ccc(C)cc1C. The van der Waals surface area contributed by atoms with Gasteiger partial charge in [0.1, 0.15) is 0 Å². The Labute approximate surface area is 68.6 Å². The molecule has 0 fully saturated rings. The second kappa shape index (κ2) is 3.38. The van der Waals surface area contributed by atoms with E-state index in [1.165, 1.54) is 16.7 Å². The average molecular weight is 146 g/mol. The summed E-state index contributed by atoms with van der Waals surface area (Å²) in [5, 5.41) is 0. The van der Waals surface area contributed by atoms with Crippen molar-refractivity contribution in [1.29, 1.82) is 0 Å². The van der Waals surface area contributed by atoms with E-state index in [0.717, 1.165) is 0 Å². The van der Waals surface area contributed by atoms with Gasteiger partial charge in [-0.05, 0) is 31.9 Å². The molecule has 0 aromatic heterocycles. The molecule has 0 saturated carbocycles. The molecule has 0 nitrogen and oxygen atoms in total. The minimum Gasteiger partial charge on any atom is -0.0871 e. The zero-order chi connectivity index (χ0) is 8.27. The van der Waals surface area contributed by atoms with Crippen LogP contribution in [0.5, 0.6) is 0 Å². The van der Waals surface area contributed by atoms with Gasteiger partial charge in [-0.2, -0.15) is 0 Å². The molecule has 0 radical (unpaired) electrons. The lowest BCUT2D eigenvalue weighted by Crippen LogP contribution is -1.80. The number of benzene rings is 1. The molecule has 1 rings (SSSR count). The van der Waals surface area contributed by atoms with Crippen LogP contribution < -0.4 is 0 Å². The van der Waals surface area contributed by atoms with Gasteiger partial charge in [-0.1, -0.05) is 35.9 Å². The maximum absolute atomic E-state index is 2.20. The lowest BCUT2D eigenvalue weighted by atomic mass is 10.1. The minimum atomic E-state index is 1.32. The standard InChI is InChI=1S/C11H14/c1-4-5-11-7-6-9(2)8-10(11)3/h4-8H,1-3H3/b5-4+. The van der Waals surface area contributed by atoms with Crippen molar-refractivity contribution in [2.24, 2.45) is 0 Å². The summed E-state index contributed by atoms with van der Waals surface area (Å²) in [5.41, 5.74) is 4.00. The molecule has 0 aliphatic rings. The monoisotopic (exact) mass is 146 g/mol. The fourth-order valence-corrected chi connectivity index (χ4v) is 1.19. The van der Waals surface area contributed by atoms with Gasteiger partial charge >= 0.3 is 0 Å². The van der Waals surface area contributed by atoms with Gasteiger partial charge in [-0.25, -0.2) is 0 Å². The zero-order valence-corrected chi connectivity index (χ0v) is 7.39. The van der Waals surface area contributed by atoms with Crippen molar-refractivity contribution in [3.63, 3.8) is 0 Å². The Kier molecular flexibility index (Phi) is 2.48. The molecule has 0 bridgehead atoms. The molecule has 1 aromatic carbocycles. The molecule has 0 unspecified atom stereocenters. The van der Waals surface area contributed by atoms with E-state index in [0.29, 0.717) is 0 Å². The summed E-state index contributed by atoms with van der Waals surface area (Å²) in [6.45, 7) is 6.30. The highest BCUT2D eigenvalue weighted by Gasteiger charge is 1.91. The number of hydrogen-bond donors (Lipinski definition) is 0. The number of allylic oxidation sites excluding steroid dienone is 1. The Morgan fingerprint density at radius 2 is 1.91 bits per heavy atom. The van der Waals surface area contributed by atoms with Gasteiger partial charge in [0.15, 0.2) is 0 Å². The van der Waals surface area contributed by atoms with Crippen LogP contribution in [0.25, 0.3) is 6.08 Å². The number of rotatable bonds is 1. The Morgan fingerprint density at radius 1 is 1.18 bits per heavy atom. The first kappa shape index (κ1) is 8.06. The lowest BCUT2D eigenvalue weighted by molar-refractivity contribution is 1.37. The van der Waals surface area contributed by atoms with Gasteiger partial charge in [-0.3, -0.25) is 0 Å². The normalized spacial score (nSPS) is 10.8. The molecule has 1 aromatic rings. The highest BCUT2D eigenvalue weighted by Crippen LogP contribution is 2.11. The van der Waals surface area contributed by atoms with Crippen LogP contribution in [0, 0.1) is 13.8 Å². The largest absolute Gasteiger partial charge is 0.0871 e. The first-order chi connectivity index (χ1) is 5.24. The highest BCUT2D eigenvalue weighted by atomic mass is 14.0. The molecular weight excluding hydrogens is 132 g/mol. The van der Waals surface area contributed by atoms with Crippen LogP contribution in [0.3, 0.4) is 0 Å². The van der Waals surface area contributed by atoms with Crippen molar-refractivity contribution in [2.75, 3.05) is 0 Å². The van der Waals surface area contributed by atoms with Gasteiger partial charge in [0, 0.05) is 0 Å². The molecule has 0 heteroatoms. The predicted molar refractivity (Wildman–Crippen MR) is 50.6 cm³/mol. The van der Waals surface area contributed by atoms with Crippen LogP contribution in [0.1, 0.15) is 23.6 Å². The van der Waals surface area contributed by atoms with Crippen molar-refractivity contribution < 1.29 is 0 Å². The van der Waals surface area contributed by atoms with Crippen LogP contribution >= 0.6 is 0 Å². The third kappa shape index (κ3) is 1.94. The van der Waals surface area contributed by atoms with Gasteiger partial charge in [0.2, 0.25) is 0 Å². The fraction of sp³-hybridized carbons (Fsp3) is 0.273. The van der Waals surface area contributed by atoms with Gasteiger partial charge in [-0.15, -0.1) is 0 Å². The molecule has 11 heavy (non-hydrogen) atoms. The molecule has 0 amide bonds. The molecule has 0 heterocycles. The minimum absolute atomic E-state index is 1.32. The van der Waals surface area contributed by atoms with Crippen LogP contribution in [-0.4, -0.2) is 0 Å². The van der Waals surface area contributed by atoms with E-state index >= 15 is 0 Å². The molecule has 0 aliphatic carbocycles. The maximum Gasteiger partial charge on any atom is -0.0230 e. The summed E-state index contributed by atoms with van der Waals surface area (Å²) in [5.74, 6) is 0. The van der Waals surface area contributed by atoms with Gasteiger partial charge in [0.25, 0.3) is 0 Å². The van der Waals surface area contributed by atoms with Crippen LogP contribution in [0.4, 0.5) is 0 Å². The Balaban J connectivity index is 3.09. The van der Waals surface area contributed by atoms with E-state index in [1.54, 1.807) is 0 Å². The first-order valence-electron chi connectivity index (χ1n) is 3.94. The van der Waals surface area contributed by atoms with E-state index in [4.69, 9.17) is 0 Å². The fourth-order valence-electron chi connectivity index (χ4n) is 1.19.